The summed E-state index contributed by atoms with van der Waals surface area (Å²) in [5, 5.41) is 1.52. The molecule has 0 saturated heterocycles. The number of allylic oxidation sites excluding steroid dienone is 1. The van der Waals surface area contributed by atoms with E-state index in [4.69, 9.17) is 4.76 Å². The minimum Gasteiger partial charge on any atom is -0.288 e. The number of rotatable bonds is 6. The lowest BCUT2D eigenvalue weighted by Crippen LogP contribution is -2.16. The molecule has 3 aromatic carbocycles. The van der Waals surface area contributed by atoms with Crippen LogP contribution in [-0.2, 0) is 4.57 Å². The largest absolute Gasteiger partial charge is 0.288 e. The van der Waals surface area contributed by atoms with E-state index in [0.717, 1.165) is 33.9 Å². The summed E-state index contributed by atoms with van der Waals surface area (Å²) < 4.78 is 19.0. The van der Waals surface area contributed by atoms with E-state index in [1.165, 1.54) is 0 Å². The van der Waals surface area contributed by atoms with Gasteiger partial charge in [0.2, 0.25) is 7.29 Å². The molecule has 3 heteroatoms. The van der Waals surface area contributed by atoms with Gasteiger partial charge < -0.3 is 0 Å². The Morgan fingerprint density at radius 1 is 0.815 bits per heavy atom. The van der Waals surface area contributed by atoms with Crippen LogP contribution in [-0.4, -0.2) is 5.71 Å². The van der Waals surface area contributed by atoms with Gasteiger partial charge in [-0.2, -0.15) is 0 Å². The van der Waals surface area contributed by atoms with Crippen molar-refractivity contribution in [3.05, 3.63) is 102 Å². The Bertz CT molecular complexity index is 933. The first kappa shape index (κ1) is 19.1. The van der Waals surface area contributed by atoms with Crippen molar-refractivity contribution in [3.8, 4) is 0 Å². The Morgan fingerprint density at radius 2 is 1.26 bits per heavy atom. The van der Waals surface area contributed by atoms with Crippen molar-refractivity contribution in [3.63, 3.8) is 0 Å². The Labute approximate surface area is 161 Å². The van der Waals surface area contributed by atoms with E-state index >= 15 is 0 Å². The molecule has 0 bridgehead atoms. The number of benzene rings is 3. The summed E-state index contributed by atoms with van der Waals surface area (Å²) in [6.45, 7) is 4.09. The third-order valence-corrected chi connectivity index (χ3v) is 6.97. The fourth-order valence-corrected chi connectivity index (χ4v) is 5.33. The van der Waals surface area contributed by atoms with Crippen LogP contribution in [0.3, 0.4) is 0 Å². The highest BCUT2D eigenvalue weighted by atomic mass is 31.2. The maximum Gasteiger partial charge on any atom is 0.247 e. The predicted molar refractivity (Wildman–Crippen MR) is 118 cm³/mol. The lowest BCUT2D eigenvalue weighted by atomic mass is 10.1. The minimum absolute atomic E-state index is 0.721. The summed E-state index contributed by atoms with van der Waals surface area (Å²) in [5.41, 5.74) is 3.02. The molecule has 0 unspecified atom stereocenters. The summed E-state index contributed by atoms with van der Waals surface area (Å²) >= 11 is 0. The average Bonchev–Trinajstić information content (AvgIpc) is 2.73. The number of hydrogen-bond donors (Lipinski definition) is 0. The summed E-state index contributed by atoms with van der Waals surface area (Å²) in [6.07, 6.45) is 2.82. The van der Waals surface area contributed by atoms with Gasteiger partial charge in [-0.25, -0.2) is 4.76 Å². The molecule has 0 aliphatic carbocycles. The van der Waals surface area contributed by atoms with Gasteiger partial charge >= 0.3 is 0 Å². The lowest BCUT2D eigenvalue weighted by Gasteiger charge is -2.17. The van der Waals surface area contributed by atoms with Gasteiger partial charge in [-0.3, -0.25) is 4.57 Å². The van der Waals surface area contributed by atoms with E-state index < -0.39 is 7.29 Å². The highest BCUT2D eigenvalue weighted by molar-refractivity contribution is 7.77. The maximum absolute atomic E-state index is 14.1. The van der Waals surface area contributed by atoms with Crippen molar-refractivity contribution in [2.45, 2.75) is 20.3 Å². The predicted octanol–water partition coefficient (Wildman–Crippen LogP) is 5.87. The molecule has 27 heavy (non-hydrogen) atoms. The quantitative estimate of drug-likeness (QED) is 0.392. The third kappa shape index (κ3) is 4.53. The Balaban J connectivity index is 2.12. The van der Waals surface area contributed by atoms with Crippen LogP contribution in [0.2, 0.25) is 0 Å². The zero-order valence-corrected chi connectivity index (χ0v) is 16.6. The maximum atomic E-state index is 14.1. The molecule has 0 radical (unpaired) electrons. The number of nitrogens with zero attached hydrogens (tertiary/aromatic N) is 1. The first-order valence-corrected chi connectivity index (χ1v) is 10.8. The molecule has 136 valence electrons. The molecule has 0 saturated carbocycles. The normalized spacial score (nSPS) is 12.8. The van der Waals surface area contributed by atoms with Gasteiger partial charge in [-0.1, -0.05) is 79.7 Å². The summed E-state index contributed by atoms with van der Waals surface area (Å²) in [5.74, 6) is 0. The van der Waals surface area contributed by atoms with Gasteiger partial charge in [-0.05, 0) is 48.7 Å². The van der Waals surface area contributed by atoms with Crippen molar-refractivity contribution in [1.82, 2.24) is 0 Å². The molecule has 0 amide bonds. The molecular formula is C24H24NOP. The summed E-state index contributed by atoms with van der Waals surface area (Å²) in [4.78, 5) is 0. The van der Waals surface area contributed by atoms with Gasteiger partial charge in [0, 0.05) is 16.3 Å². The van der Waals surface area contributed by atoms with Gasteiger partial charge in [0.15, 0.2) is 0 Å². The van der Waals surface area contributed by atoms with Crippen LogP contribution in [0.5, 0.6) is 0 Å². The molecule has 0 aromatic heterocycles. The molecule has 3 aromatic rings. The van der Waals surface area contributed by atoms with E-state index in [0.29, 0.717) is 0 Å². The monoisotopic (exact) mass is 373 g/mol. The Morgan fingerprint density at radius 3 is 1.70 bits per heavy atom. The van der Waals surface area contributed by atoms with E-state index in [1.54, 1.807) is 0 Å². The van der Waals surface area contributed by atoms with Crippen molar-refractivity contribution in [2.75, 3.05) is 0 Å². The van der Waals surface area contributed by atoms with E-state index in [9.17, 15) is 4.57 Å². The topological polar surface area (TPSA) is 29.4 Å². The first-order valence-electron chi connectivity index (χ1n) is 9.17. The molecule has 0 aliphatic rings. The molecule has 2 nitrogen and oxygen atoms in total. The van der Waals surface area contributed by atoms with E-state index in [-0.39, 0.29) is 0 Å². The van der Waals surface area contributed by atoms with Crippen molar-refractivity contribution >= 4 is 29.7 Å². The fraction of sp³-hybridized carbons (Fsp3) is 0.125. The molecule has 0 heterocycles. The summed E-state index contributed by atoms with van der Waals surface area (Å²) in [7, 11) is -3.11. The highest BCUT2D eigenvalue weighted by Gasteiger charge is 2.27. The van der Waals surface area contributed by atoms with Crippen LogP contribution in [0.4, 0.5) is 0 Å². The molecule has 3 rings (SSSR count). The molecule has 0 fully saturated rings. The molecule has 0 N–H and O–H groups in total. The highest BCUT2D eigenvalue weighted by Crippen LogP contribution is 2.45. The van der Waals surface area contributed by atoms with E-state index in [1.807, 2.05) is 85.8 Å². The first-order chi connectivity index (χ1) is 13.1. The van der Waals surface area contributed by atoms with Crippen molar-refractivity contribution in [2.24, 2.45) is 4.76 Å². The SMILES string of the molecule is CCC(=N/P(=O)(c1ccccc1)c1ccccc1)/C(C)=C/c1ccccc1. The molecule has 0 atom stereocenters. The Hall–Kier alpha value is -2.70. The van der Waals surface area contributed by atoms with Crippen LogP contribution in [0.15, 0.2) is 101 Å². The Kier molecular flexibility index (Phi) is 6.21. The van der Waals surface area contributed by atoms with Gasteiger partial charge in [-0.15, -0.1) is 0 Å². The smallest absolute Gasteiger partial charge is 0.247 e. The minimum atomic E-state index is -3.11. The zero-order valence-electron chi connectivity index (χ0n) is 15.7. The van der Waals surface area contributed by atoms with Crippen LogP contribution in [0.1, 0.15) is 25.8 Å². The van der Waals surface area contributed by atoms with Crippen LogP contribution < -0.4 is 10.6 Å². The van der Waals surface area contributed by atoms with Crippen molar-refractivity contribution in [1.29, 1.82) is 0 Å². The second-order valence-corrected chi connectivity index (χ2v) is 8.77. The third-order valence-electron chi connectivity index (χ3n) is 4.45. The van der Waals surface area contributed by atoms with Crippen molar-refractivity contribution < 1.29 is 4.57 Å². The van der Waals surface area contributed by atoms with Gasteiger partial charge in [0.1, 0.15) is 0 Å². The average molecular weight is 373 g/mol. The van der Waals surface area contributed by atoms with Gasteiger partial charge in [0.05, 0.1) is 0 Å². The molecule has 0 aliphatic heterocycles. The molecule has 0 spiro atoms. The standard InChI is InChI=1S/C24H24NOP/c1-3-24(20(2)19-21-13-7-4-8-14-21)25-27(26,22-15-9-5-10-16-22)23-17-11-6-12-18-23/h4-19H,3H2,1-2H3/b20-19+,25-24-. The van der Waals surface area contributed by atoms with Crippen LogP contribution >= 0.6 is 7.29 Å². The van der Waals surface area contributed by atoms with Crippen LogP contribution in [0, 0.1) is 0 Å². The fourth-order valence-electron chi connectivity index (χ4n) is 3.01. The lowest BCUT2D eigenvalue weighted by molar-refractivity contribution is 0.588. The molecular weight excluding hydrogens is 349 g/mol. The second-order valence-electron chi connectivity index (χ2n) is 6.39. The van der Waals surface area contributed by atoms with Crippen LogP contribution in [0.25, 0.3) is 6.08 Å². The number of hydrogen-bond acceptors (Lipinski definition) is 1. The second kappa shape index (κ2) is 8.79. The van der Waals surface area contributed by atoms with E-state index in [2.05, 4.69) is 25.1 Å². The zero-order chi connectivity index (χ0) is 19.1. The summed E-state index contributed by atoms with van der Waals surface area (Å²) in [6, 6.07) is 29.3. The van der Waals surface area contributed by atoms with Gasteiger partial charge in [0.25, 0.3) is 0 Å².